The number of nitrogens with one attached hydrogen (secondary N) is 1. The molecule has 1 fully saturated rings. The van der Waals surface area contributed by atoms with Gasteiger partial charge in [-0.2, -0.15) is 0 Å². The van der Waals surface area contributed by atoms with Crippen LogP contribution in [0.5, 0.6) is 0 Å². The van der Waals surface area contributed by atoms with Crippen LogP contribution in [0.2, 0.25) is 0 Å². The fraction of sp³-hybridized carbons (Fsp3) is 0.900. The zero-order chi connectivity index (χ0) is 11.1. The molecule has 4 nitrogen and oxygen atoms in total. The van der Waals surface area contributed by atoms with E-state index in [9.17, 15) is 4.79 Å². The predicted octanol–water partition coefficient (Wildman–Crippen LogP) is 0.270. The van der Waals surface area contributed by atoms with E-state index in [1.54, 1.807) is 16.7 Å². The van der Waals surface area contributed by atoms with Crippen molar-refractivity contribution in [2.75, 3.05) is 31.3 Å². The number of carbonyl (C=O) groups is 1. The molecule has 0 aromatic carbocycles. The molecule has 1 aliphatic rings. The van der Waals surface area contributed by atoms with Gasteiger partial charge < -0.3 is 10.0 Å². The van der Waals surface area contributed by atoms with E-state index in [-0.39, 0.29) is 18.6 Å². The van der Waals surface area contributed by atoms with Crippen LogP contribution in [-0.2, 0) is 4.79 Å². The average Bonchev–Trinajstić information content (AvgIpc) is 2.76. The topological polar surface area (TPSA) is 52.6 Å². The summed E-state index contributed by atoms with van der Waals surface area (Å²) in [5.41, 5.74) is 0. The lowest BCUT2D eigenvalue weighted by Gasteiger charge is -2.24. The molecule has 1 heterocycles. The van der Waals surface area contributed by atoms with E-state index < -0.39 is 0 Å². The van der Waals surface area contributed by atoms with Gasteiger partial charge in [0.05, 0.1) is 12.6 Å². The lowest BCUT2D eigenvalue weighted by atomic mass is 10.2. The fourth-order valence-corrected chi connectivity index (χ4v) is 2.51. The van der Waals surface area contributed by atoms with Crippen LogP contribution in [0.3, 0.4) is 0 Å². The minimum Gasteiger partial charge on any atom is -0.395 e. The SMILES string of the molecule is CCCCN(CCO)C(=O)C1CSCN1. The van der Waals surface area contributed by atoms with Gasteiger partial charge in [-0.1, -0.05) is 13.3 Å². The van der Waals surface area contributed by atoms with E-state index in [1.807, 2.05) is 0 Å². The number of unbranched alkanes of at least 4 members (excludes halogenated alkanes) is 1. The molecule has 0 saturated carbocycles. The maximum atomic E-state index is 12.0. The molecule has 1 atom stereocenters. The summed E-state index contributed by atoms with van der Waals surface area (Å²) in [6, 6.07) is -0.0431. The second-order valence-electron chi connectivity index (χ2n) is 3.67. The third-order valence-electron chi connectivity index (χ3n) is 2.48. The van der Waals surface area contributed by atoms with Gasteiger partial charge in [0, 0.05) is 24.7 Å². The van der Waals surface area contributed by atoms with Gasteiger partial charge in [0.2, 0.25) is 5.91 Å². The Balaban J connectivity index is 2.41. The molecule has 15 heavy (non-hydrogen) atoms. The molecule has 1 unspecified atom stereocenters. The van der Waals surface area contributed by atoms with Crippen molar-refractivity contribution < 1.29 is 9.90 Å². The van der Waals surface area contributed by atoms with Crippen molar-refractivity contribution in [3.05, 3.63) is 0 Å². The molecule has 0 aliphatic carbocycles. The summed E-state index contributed by atoms with van der Waals surface area (Å²) in [4.78, 5) is 13.8. The molecule has 1 saturated heterocycles. The van der Waals surface area contributed by atoms with Crippen LogP contribution in [0.1, 0.15) is 19.8 Å². The van der Waals surface area contributed by atoms with Crippen LogP contribution in [0.25, 0.3) is 0 Å². The average molecular weight is 232 g/mol. The lowest BCUT2D eigenvalue weighted by Crippen LogP contribution is -2.46. The smallest absolute Gasteiger partial charge is 0.240 e. The first-order chi connectivity index (χ1) is 7.29. The number of hydrogen-bond donors (Lipinski definition) is 2. The second-order valence-corrected chi connectivity index (χ2v) is 4.70. The predicted molar refractivity (Wildman–Crippen MR) is 62.8 cm³/mol. The molecule has 0 radical (unpaired) electrons. The number of nitrogens with zero attached hydrogens (tertiary/aromatic N) is 1. The molecule has 1 amide bonds. The Morgan fingerprint density at radius 1 is 1.60 bits per heavy atom. The summed E-state index contributed by atoms with van der Waals surface area (Å²) in [5, 5.41) is 12.1. The quantitative estimate of drug-likeness (QED) is 0.690. The van der Waals surface area contributed by atoms with E-state index >= 15 is 0 Å². The summed E-state index contributed by atoms with van der Waals surface area (Å²) < 4.78 is 0. The van der Waals surface area contributed by atoms with Crippen LogP contribution in [0.15, 0.2) is 0 Å². The number of thioether (sulfide) groups is 1. The highest BCUT2D eigenvalue weighted by Gasteiger charge is 2.26. The lowest BCUT2D eigenvalue weighted by molar-refractivity contribution is -0.133. The summed E-state index contributed by atoms with van der Waals surface area (Å²) >= 11 is 1.75. The highest BCUT2D eigenvalue weighted by Crippen LogP contribution is 2.12. The molecular formula is C10H20N2O2S. The summed E-state index contributed by atoms with van der Waals surface area (Å²) in [6.45, 7) is 3.38. The summed E-state index contributed by atoms with van der Waals surface area (Å²) in [5.74, 6) is 1.85. The van der Waals surface area contributed by atoms with Crippen molar-refractivity contribution in [2.45, 2.75) is 25.8 Å². The molecule has 5 heteroatoms. The molecule has 2 N–H and O–H groups in total. The van der Waals surface area contributed by atoms with Crippen molar-refractivity contribution in [1.29, 1.82) is 0 Å². The third kappa shape index (κ3) is 4.01. The highest BCUT2D eigenvalue weighted by atomic mass is 32.2. The van der Waals surface area contributed by atoms with Crippen molar-refractivity contribution in [1.82, 2.24) is 10.2 Å². The fourth-order valence-electron chi connectivity index (χ4n) is 1.58. The minimum atomic E-state index is -0.0431. The molecule has 0 aromatic rings. The number of rotatable bonds is 6. The molecule has 1 aliphatic heterocycles. The van der Waals surface area contributed by atoms with Gasteiger partial charge in [-0.25, -0.2) is 0 Å². The van der Waals surface area contributed by atoms with E-state index in [0.717, 1.165) is 31.0 Å². The molecular weight excluding hydrogens is 212 g/mol. The number of aliphatic hydroxyl groups excluding tert-OH is 1. The van der Waals surface area contributed by atoms with Crippen molar-refractivity contribution >= 4 is 17.7 Å². The Labute approximate surface area is 95.4 Å². The number of aliphatic hydroxyl groups is 1. The molecule has 0 bridgehead atoms. The van der Waals surface area contributed by atoms with Crippen LogP contribution in [0, 0.1) is 0 Å². The second kappa shape index (κ2) is 7.09. The van der Waals surface area contributed by atoms with E-state index in [0.29, 0.717) is 6.54 Å². The normalized spacial score (nSPS) is 20.5. The van der Waals surface area contributed by atoms with Crippen LogP contribution >= 0.6 is 11.8 Å². The molecule has 0 spiro atoms. The molecule has 0 aromatic heterocycles. The maximum absolute atomic E-state index is 12.0. The van der Waals surface area contributed by atoms with Gasteiger partial charge in [-0.3, -0.25) is 10.1 Å². The van der Waals surface area contributed by atoms with Gasteiger partial charge in [0.25, 0.3) is 0 Å². The monoisotopic (exact) mass is 232 g/mol. The third-order valence-corrected chi connectivity index (χ3v) is 3.42. The maximum Gasteiger partial charge on any atom is 0.240 e. The van der Waals surface area contributed by atoms with Gasteiger partial charge >= 0.3 is 0 Å². The summed E-state index contributed by atoms with van der Waals surface area (Å²) in [6.07, 6.45) is 2.08. The van der Waals surface area contributed by atoms with Crippen molar-refractivity contribution in [3.8, 4) is 0 Å². The number of amides is 1. The van der Waals surface area contributed by atoms with Gasteiger partial charge in [-0.15, -0.1) is 11.8 Å². The summed E-state index contributed by atoms with van der Waals surface area (Å²) in [7, 11) is 0. The standard InChI is InChI=1S/C10H20N2O2S/c1-2-3-4-12(5-6-13)10(14)9-7-15-8-11-9/h9,11,13H,2-8H2,1H3. The van der Waals surface area contributed by atoms with Crippen LogP contribution in [-0.4, -0.2) is 53.3 Å². The van der Waals surface area contributed by atoms with E-state index in [2.05, 4.69) is 12.2 Å². The molecule has 88 valence electrons. The number of carbonyl (C=O) groups excluding carboxylic acids is 1. The first kappa shape index (κ1) is 12.8. The first-order valence-corrected chi connectivity index (χ1v) is 6.65. The van der Waals surface area contributed by atoms with Crippen molar-refractivity contribution in [2.24, 2.45) is 0 Å². The van der Waals surface area contributed by atoms with Crippen molar-refractivity contribution in [3.63, 3.8) is 0 Å². The van der Waals surface area contributed by atoms with E-state index in [4.69, 9.17) is 5.11 Å². The van der Waals surface area contributed by atoms with Gasteiger partial charge in [0.15, 0.2) is 0 Å². The van der Waals surface area contributed by atoms with E-state index in [1.165, 1.54) is 0 Å². The first-order valence-electron chi connectivity index (χ1n) is 5.50. The van der Waals surface area contributed by atoms with Crippen LogP contribution in [0.4, 0.5) is 0 Å². The van der Waals surface area contributed by atoms with Gasteiger partial charge in [-0.05, 0) is 6.42 Å². The highest BCUT2D eigenvalue weighted by molar-refractivity contribution is 7.99. The Bertz CT molecular complexity index is 196. The minimum absolute atomic E-state index is 0.0431. The Kier molecular flexibility index (Phi) is 6.05. The van der Waals surface area contributed by atoms with Gasteiger partial charge in [0.1, 0.15) is 0 Å². The zero-order valence-electron chi connectivity index (χ0n) is 9.24. The van der Waals surface area contributed by atoms with Crippen LogP contribution < -0.4 is 5.32 Å². The Hall–Kier alpha value is -0.260. The zero-order valence-corrected chi connectivity index (χ0v) is 10.1. The molecule has 1 rings (SSSR count). The Morgan fingerprint density at radius 3 is 2.93 bits per heavy atom. The number of hydrogen-bond acceptors (Lipinski definition) is 4. The largest absolute Gasteiger partial charge is 0.395 e. The Morgan fingerprint density at radius 2 is 2.40 bits per heavy atom.